The van der Waals surface area contributed by atoms with E-state index >= 15 is 0 Å². The minimum atomic E-state index is -0.0690. The molecule has 4 nitrogen and oxygen atoms in total. The van der Waals surface area contributed by atoms with Gasteiger partial charge in [0.05, 0.1) is 13.7 Å². The molecule has 112 valence electrons. The summed E-state index contributed by atoms with van der Waals surface area (Å²) in [7, 11) is 1.59. The molecule has 0 atom stereocenters. The van der Waals surface area contributed by atoms with E-state index in [4.69, 9.17) is 9.47 Å². The first-order valence-electron chi connectivity index (χ1n) is 7.25. The van der Waals surface area contributed by atoms with Gasteiger partial charge in [0, 0.05) is 12.1 Å². The molecule has 0 unspecified atom stereocenters. The quantitative estimate of drug-likeness (QED) is 0.794. The molecule has 1 aromatic carbocycles. The molecular formula is C16H25NO3. The fourth-order valence-electron chi connectivity index (χ4n) is 2.00. The standard InChI is InChI=1S/C16H25NO3/c1-5-12(6-2)11-17-16(18)13-8-9-14(19-4)15(10-13)20-7-3/h8-10,12H,5-7,11H2,1-4H3,(H,17,18). The molecule has 0 aliphatic heterocycles. The van der Waals surface area contributed by atoms with E-state index in [0.29, 0.717) is 36.1 Å². The first-order valence-corrected chi connectivity index (χ1v) is 7.25. The summed E-state index contributed by atoms with van der Waals surface area (Å²) < 4.78 is 10.7. The lowest BCUT2D eigenvalue weighted by atomic mass is 10.0. The van der Waals surface area contributed by atoms with Crippen LogP contribution in [0.2, 0.25) is 0 Å². The van der Waals surface area contributed by atoms with Crippen LogP contribution < -0.4 is 14.8 Å². The van der Waals surface area contributed by atoms with E-state index in [0.717, 1.165) is 12.8 Å². The van der Waals surface area contributed by atoms with Crippen molar-refractivity contribution >= 4 is 5.91 Å². The zero-order valence-electron chi connectivity index (χ0n) is 12.9. The maximum Gasteiger partial charge on any atom is 0.251 e. The van der Waals surface area contributed by atoms with Crippen LogP contribution in [0.4, 0.5) is 0 Å². The minimum absolute atomic E-state index is 0.0690. The monoisotopic (exact) mass is 279 g/mol. The predicted octanol–water partition coefficient (Wildman–Crippen LogP) is 3.26. The molecule has 0 heterocycles. The number of carbonyl (C=O) groups is 1. The normalized spacial score (nSPS) is 10.4. The molecular weight excluding hydrogens is 254 g/mol. The molecule has 1 amide bonds. The number of carbonyl (C=O) groups excluding carboxylic acids is 1. The Labute approximate surface area is 121 Å². The van der Waals surface area contributed by atoms with Gasteiger partial charge in [-0.25, -0.2) is 0 Å². The Morgan fingerprint density at radius 3 is 2.45 bits per heavy atom. The Bertz CT molecular complexity index is 428. The zero-order valence-corrected chi connectivity index (χ0v) is 12.9. The van der Waals surface area contributed by atoms with Crippen LogP contribution in [0.25, 0.3) is 0 Å². The predicted molar refractivity (Wildman–Crippen MR) is 80.6 cm³/mol. The number of hydrogen-bond acceptors (Lipinski definition) is 3. The summed E-state index contributed by atoms with van der Waals surface area (Å²) >= 11 is 0. The summed E-state index contributed by atoms with van der Waals surface area (Å²) in [4.78, 5) is 12.1. The lowest BCUT2D eigenvalue weighted by Crippen LogP contribution is -2.28. The van der Waals surface area contributed by atoms with Gasteiger partial charge in [-0.3, -0.25) is 4.79 Å². The molecule has 1 rings (SSSR count). The van der Waals surface area contributed by atoms with Crippen LogP contribution in [0, 0.1) is 5.92 Å². The highest BCUT2D eigenvalue weighted by atomic mass is 16.5. The molecule has 0 bridgehead atoms. The maximum absolute atomic E-state index is 12.1. The van der Waals surface area contributed by atoms with E-state index in [1.165, 1.54) is 0 Å². The molecule has 1 aromatic rings. The Morgan fingerprint density at radius 1 is 1.20 bits per heavy atom. The van der Waals surface area contributed by atoms with Gasteiger partial charge in [0.25, 0.3) is 5.91 Å². The van der Waals surface area contributed by atoms with Crippen molar-refractivity contribution < 1.29 is 14.3 Å². The van der Waals surface area contributed by atoms with Crippen molar-refractivity contribution in [1.29, 1.82) is 0 Å². The number of rotatable bonds is 8. The van der Waals surface area contributed by atoms with Gasteiger partial charge in [0.15, 0.2) is 11.5 Å². The lowest BCUT2D eigenvalue weighted by Gasteiger charge is -2.14. The first kappa shape index (κ1) is 16.3. The zero-order chi connectivity index (χ0) is 15.0. The molecule has 20 heavy (non-hydrogen) atoms. The van der Waals surface area contributed by atoms with Crippen molar-refractivity contribution in [2.45, 2.75) is 33.6 Å². The third kappa shape index (κ3) is 4.44. The fourth-order valence-corrected chi connectivity index (χ4v) is 2.00. The van der Waals surface area contributed by atoms with Gasteiger partial charge < -0.3 is 14.8 Å². The van der Waals surface area contributed by atoms with E-state index in [-0.39, 0.29) is 5.91 Å². The van der Waals surface area contributed by atoms with Crippen molar-refractivity contribution in [3.05, 3.63) is 23.8 Å². The molecule has 1 N–H and O–H groups in total. The molecule has 0 radical (unpaired) electrons. The van der Waals surface area contributed by atoms with E-state index in [1.807, 2.05) is 6.92 Å². The van der Waals surface area contributed by atoms with Gasteiger partial charge in [-0.15, -0.1) is 0 Å². The van der Waals surface area contributed by atoms with Crippen molar-refractivity contribution in [1.82, 2.24) is 5.32 Å². The van der Waals surface area contributed by atoms with Gasteiger partial charge in [0.2, 0.25) is 0 Å². The van der Waals surface area contributed by atoms with Crippen molar-refractivity contribution in [2.24, 2.45) is 5.92 Å². The lowest BCUT2D eigenvalue weighted by molar-refractivity contribution is 0.0946. The number of benzene rings is 1. The van der Waals surface area contributed by atoms with Crippen LogP contribution in [0.3, 0.4) is 0 Å². The van der Waals surface area contributed by atoms with Gasteiger partial charge in [-0.1, -0.05) is 26.7 Å². The topological polar surface area (TPSA) is 47.6 Å². The summed E-state index contributed by atoms with van der Waals surface area (Å²) in [5.74, 6) is 1.71. The largest absolute Gasteiger partial charge is 0.493 e. The van der Waals surface area contributed by atoms with Gasteiger partial charge in [-0.05, 0) is 31.0 Å². The van der Waals surface area contributed by atoms with Gasteiger partial charge in [-0.2, -0.15) is 0 Å². The molecule has 0 spiro atoms. The van der Waals surface area contributed by atoms with Crippen LogP contribution in [0.1, 0.15) is 44.0 Å². The average molecular weight is 279 g/mol. The van der Waals surface area contributed by atoms with Crippen LogP contribution >= 0.6 is 0 Å². The summed E-state index contributed by atoms with van der Waals surface area (Å²) in [5.41, 5.74) is 0.597. The number of hydrogen-bond donors (Lipinski definition) is 1. The third-order valence-corrected chi connectivity index (χ3v) is 3.43. The van der Waals surface area contributed by atoms with E-state index in [1.54, 1.807) is 25.3 Å². The molecule has 0 aliphatic carbocycles. The second kappa shape index (κ2) is 8.46. The van der Waals surface area contributed by atoms with Crippen molar-refractivity contribution in [3.63, 3.8) is 0 Å². The molecule has 0 saturated heterocycles. The maximum atomic E-state index is 12.1. The number of methoxy groups -OCH3 is 1. The van der Waals surface area contributed by atoms with E-state index in [9.17, 15) is 4.79 Å². The molecule has 4 heteroatoms. The van der Waals surface area contributed by atoms with Crippen LogP contribution in [-0.2, 0) is 0 Å². The van der Waals surface area contributed by atoms with Crippen molar-refractivity contribution in [3.8, 4) is 11.5 Å². The molecule has 0 aliphatic rings. The minimum Gasteiger partial charge on any atom is -0.493 e. The number of ether oxygens (including phenoxy) is 2. The first-order chi connectivity index (χ1) is 9.65. The Morgan fingerprint density at radius 2 is 1.90 bits per heavy atom. The summed E-state index contributed by atoms with van der Waals surface area (Å²) in [5, 5.41) is 2.97. The smallest absolute Gasteiger partial charge is 0.251 e. The van der Waals surface area contributed by atoms with Crippen molar-refractivity contribution in [2.75, 3.05) is 20.3 Å². The summed E-state index contributed by atoms with van der Waals surface area (Å²) in [6.07, 6.45) is 2.15. The third-order valence-electron chi connectivity index (χ3n) is 3.43. The summed E-state index contributed by atoms with van der Waals surface area (Å²) in [6, 6.07) is 5.24. The fraction of sp³-hybridized carbons (Fsp3) is 0.562. The average Bonchev–Trinajstić information content (AvgIpc) is 2.48. The van der Waals surface area contributed by atoms with Gasteiger partial charge in [0.1, 0.15) is 0 Å². The van der Waals surface area contributed by atoms with Crippen LogP contribution in [0.15, 0.2) is 18.2 Å². The number of amides is 1. The highest BCUT2D eigenvalue weighted by Gasteiger charge is 2.12. The molecule has 0 saturated carbocycles. The Hall–Kier alpha value is -1.71. The van der Waals surface area contributed by atoms with Gasteiger partial charge >= 0.3 is 0 Å². The molecule has 0 aromatic heterocycles. The van der Waals surface area contributed by atoms with Crippen LogP contribution in [-0.4, -0.2) is 26.2 Å². The SMILES string of the molecule is CCOc1cc(C(=O)NCC(CC)CC)ccc1OC. The summed E-state index contributed by atoms with van der Waals surface area (Å²) in [6.45, 7) is 7.43. The second-order valence-corrected chi connectivity index (χ2v) is 4.69. The van der Waals surface area contributed by atoms with E-state index < -0.39 is 0 Å². The molecule has 0 fully saturated rings. The Balaban J connectivity index is 2.75. The highest BCUT2D eigenvalue weighted by molar-refractivity contribution is 5.94. The van der Waals surface area contributed by atoms with Crippen LogP contribution in [0.5, 0.6) is 11.5 Å². The Kier molecular flexibility index (Phi) is 6.91. The highest BCUT2D eigenvalue weighted by Crippen LogP contribution is 2.28. The van der Waals surface area contributed by atoms with E-state index in [2.05, 4.69) is 19.2 Å². The number of nitrogens with one attached hydrogen (secondary N) is 1. The second-order valence-electron chi connectivity index (χ2n) is 4.69.